The Labute approximate surface area is 167 Å². The summed E-state index contributed by atoms with van der Waals surface area (Å²) in [5, 5.41) is 21.6. The van der Waals surface area contributed by atoms with E-state index in [4.69, 9.17) is 4.74 Å². The fourth-order valence-corrected chi connectivity index (χ4v) is 3.70. The molecule has 28 heavy (non-hydrogen) atoms. The first-order valence-electron chi connectivity index (χ1n) is 10.3. The highest BCUT2D eigenvalue weighted by molar-refractivity contribution is 5.77. The standard InChI is InChI=1S/C22H33NO5/c1-15(2)12-19(21(24)25)23-20(22(26)27)13-16-8-10-18(11-9-16)28-14-17-6-4-3-5-7-17/h8-11,15,17,19-20,23H,3-7,12-14H2,1-2H3,(H,24,25)(H,26,27). The minimum absolute atomic E-state index is 0.156. The van der Waals surface area contributed by atoms with Crippen molar-refractivity contribution in [2.24, 2.45) is 11.8 Å². The highest BCUT2D eigenvalue weighted by Gasteiger charge is 2.26. The summed E-state index contributed by atoms with van der Waals surface area (Å²) in [7, 11) is 0. The van der Waals surface area contributed by atoms with Gasteiger partial charge in [0.2, 0.25) is 0 Å². The van der Waals surface area contributed by atoms with Gasteiger partial charge in [-0.15, -0.1) is 0 Å². The second-order valence-corrected chi connectivity index (χ2v) is 8.24. The van der Waals surface area contributed by atoms with Gasteiger partial charge in [0.25, 0.3) is 0 Å². The maximum atomic E-state index is 11.6. The van der Waals surface area contributed by atoms with Crippen molar-refractivity contribution in [1.82, 2.24) is 5.32 Å². The van der Waals surface area contributed by atoms with Crippen LogP contribution in [0, 0.1) is 11.8 Å². The highest BCUT2D eigenvalue weighted by atomic mass is 16.5. The molecule has 1 saturated carbocycles. The van der Waals surface area contributed by atoms with E-state index >= 15 is 0 Å². The van der Waals surface area contributed by atoms with Gasteiger partial charge in [-0.3, -0.25) is 14.9 Å². The van der Waals surface area contributed by atoms with E-state index in [0.29, 0.717) is 12.3 Å². The molecule has 0 spiro atoms. The summed E-state index contributed by atoms with van der Waals surface area (Å²) in [6, 6.07) is 5.60. The fourth-order valence-electron chi connectivity index (χ4n) is 3.70. The van der Waals surface area contributed by atoms with E-state index in [1.165, 1.54) is 32.1 Å². The number of benzene rings is 1. The molecule has 1 aliphatic rings. The molecule has 0 amide bonds. The molecule has 3 N–H and O–H groups in total. The van der Waals surface area contributed by atoms with Gasteiger partial charge in [-0.1, -0.05) is 45.2 Å². The van der Waals surface area contributed by atoms with Gasteiger partial charge in [-0.05, 0) is 55.2 Å². The first-order chi connectivity index (χ1) is 13.3. The summed E-state index contributed by atoms with van der Waals surface area (Å²) in [6.45, 7) is 4.56. The largest absolute Gasteiger partial charge is 0.493 e. The SMILES string of the molecule is CC(C)CC(NC(Cc1ccc(OCC2CCCCC2)cc1)C(=O)O)C(=O)O. The van der Waals surface area contributed by atoms with Gasteiger partial charge in [0, 0.05) is 0 Å². The minimum atomic E-state index is -1.05. The first kappa shape index (κ1) is 22.2. The predicted molar refractivity (Wildman–Crippen MR) is 108 cm³/mol. The first-order valence-corrected chi connectivity index (χ1v) is 10.3. The van der Waals surface area contributed by atoms with Crippen LogP contribution in [-0.4, -0.2) is 40.8 Å². The number of aliphatic carboxylic acids is 2. The topological polar surface area (TPSA) is 95.9 Å². The zero-order valence-electron chi connectivity index (χ0n) is 16.9. The Bertz CT molecular complexity index is 622. The number of nitrogens with one attached hydrogen (secondary N) is 1. The lowest BCUT2D eigenvalue weighted by Gasteiger charge is -2.22. The third kappa shape index (κ3) is 7.50. The van der Waals surface area contributed by atoms with Crippen molar-refractivity contribution in [3.8, 4) is 5.75 Å². The van der Waals surface area contributed by atoms with Crippen LogP contribution in [0.3, 0.4) is 0 Å². The Hall–Kier alpha value is -2.08. The third-order valence-corrected chi connectivity index (χ3v) is 5.28. The van der Waals surface area contributed by atoms with Gasteiger partial charge in [0.05, 0.1) is 6.61 Å². The van der Waals surface area contributed by atoms with Gasteiger partial charge in [-0.2, -0.15) is 0 Å². The van der Waals surface area contributed by atoms with Crippen molar-refractivity contribution < 1.29 is 24.5 Å². The van der Waals surface area contributed by atoms with Crippen LogP contribution in [0.15, 0.2) is 24.3 Å². The fraction of sp³-hybridized carbons (Fsp3) is 0.636. The Balaban J connectivity index is 1.91. The van der Waals surface area contributed by atoms with Crippen LogP contribution in [0.4, 0.5) is 0 Å². The van der Waals surface area contributed by atoms with Crippen molar-refractivity contribution in [3.05, 3.63) is 29.8 Å². The van der Waals surface area contributed by atoms with Crippen LogP contribution in [0.25, 0.3) is 0 Å². The summed E-state index contributed by atoms with van der Waals surface area (Å²) in [4.78, 5) is 23.0. The lowest BCUT2D eigenvalue weighted by Crippen LogP contribution is -2.48. The van der Waals surface area contributed by atoms with Crippen molar-refractivity contribution in [1.29, 1.82) is 0 Å². The van der Waals surface area contributed by atoms with Crippen LogP contribution in [0.1, 0.15) is 57.9 Å². The molecule has 0 radical (unpaired) electrons. The summed E-state index contributed by atoms with van der Waals surface area (Å²) < 4.78 is 5.88. The van der Waals surface area contributed by atoms with Gasteiger partial charge in [0.15, 0.2) is 0 Å². The molecule has 0 heterocycles. The van der Waals surface area contributed by atoms with Crippen molar-refractivity contribution in [3.63, 3.8) is 0 Å². The average molecular weight is 392 g/mol. The van der Waals surface area contributed by atoms with Gasteiger partial charge in [0.1, 0.15) is 17.8 Å². The second kappa shape index (κ2) is 11.1. The van der Waals surface area contributed by atoms with Crippen LogP contribution < -0.4 is 10.1 Å². The molecule has 1 aromatic rings. The zero-order chi connectivity index (χ0) is 20.5. The number of ether oxygens (including phenoxy) is 1. The van der Waals surface area contributed by atoms with E-state index in [1.807, 2.05) is 38.1 Å². The second-order valence-electron chi connectivity index (χ2n) is 8.24. The number of carbonyl (C=O) groups is 2. The number of carboxylic acids is 2. The lowest BCUT2D eigenvalue weighted by atomic mass is 9.90. The van der Waals surface area contributed by atoms with Crippen LogP contribution in [0.2, 0.25) is 0 Å². The van der Waals surface area contributed by atoms with E-state index < -0.39 is 24.0 Å². The molecule has 0 aromatic heterocycles. The van der Waals surface area contributed by atoms with Crippen LogP contribution in [-0.2, 0) is 16.0 Å². The van der Waals surface area contributed by atoms with E-state index in [-0.39, 0.29) is 12.3 Å². The van der Waals surface area contributed by atoms with Gasteiger partial charge >= 0.3 is 11.9 Å². The molecule has 6 heteroatoms. The summed E-state index contributed by atoms with van der Waals surface area (Å²) in [6.07, 6.45) is 6.95. The van der Waals surface area contributed by atoms with Crippen LogP contribution >= 0.6 is 0 Å². The van der Waals surface area contributed by atoms with E-state index in [1.54, 1.807) is 0 Å². The Kier molecular flexibility index (Phi) is 8.77. The molecule has 1 aromatic carbocycles. The molecular formula is C22H33NO5. The van der Waals surface area contributed by atoms with Crippen molar-refractivity contribution >= 4 is 11.9 Å². The zero-order valence-corrected chi connectivity index (χ0v) is 16.9. The molecule has 0 bridgehead atoms. The maximum Gasteiger partial charge on any atom is 0.321 e. The molecule has 0 aliphatic heterocycles. The molecule has 2 rings (SSSR count). The van der Waals surface area contributed by atoms with Crippen LogP contribution in [0.5, 0.6) is 5.75 Å². The van der Waals surface area contributed by atoms with Crippen molar-refractivity contribution in [2.45, 2.75) is 70.9 Å². The molecule has 1 fully saturated rings. The smallest absolute Gasteiger partial charge is 0.321 e. The van der Waals surface area contributed by atoms with Gasteiger partial charge in [-0.25, -0.2) is 0 Å². The van der Waals surface area contributed by atoms with E-state index in [0.717, 1.165) is 17.9 Å². The normalized spacial score (nSPS) is 17.2. The van der Waals surface area contributed by atoms with E-state index in [2.05, 4.69) is 5.32 Å². The molecule has 156 valence electrons. The Morgan fingerprint density at radius 3 is 2.18 bits per heavy atom. The Morgan fingerprint density at radius 2 is 1.64 bits per heavy atom. The predicted octanol–water partition coefficient (Wildman–Crippen LogP) is 3.73. The quantitative estimate of drug-likeness (QED) is 0.532. The molecule has 2 atom stereocenters. The van der Waals surface area contributed by atoms with Gasteiger partial charge < -0.3 is 14.9 Å². The monoisotopic (exact) mass is 391 g/mol. The third-order valence-electron chi connectivity index (χ3n) is 5.28. The minimum Gasteiger partial charge on any atom is -0.493 e. The number of hydrogen-bond donors (Lipinski definition) is 3. The maximum absolute atomic E-state index is 11.6. The summed E-state index contributed by atoms with van der Waals surface area (Å²) >= 11 is 0. The number of carboxylic acid groups (broad SMARTS) is 2. The number of rotatable bonds is 11. The van der Waals surface area contributed by atoms with Crippen molar-refractivity contribution in [2.75, 3.05) is 6.61 Å². The molecule has 1 aliphatic carbocycles. The summed E-state index contributed by atoms with van der Waals surface area (Å²) in [5.41, 5.74) is 0.832. The summed E-state index contributed by atoms with van der Waals surface area (Å²) in [5.74, 6) is -0.497. The molecule has 0 saturated heterocycles. The highest BCUT2D eigenvalue weighted by Crippen LogP contribution is 2.24. The van der Waals surface area contributed by atoms with E-state index in [9.17, 15) is 19.8 Å². The number of hydrogen-bond acceptors (Lipinski definition) is 4. The average Bonchev–Trinajstić information content (AvgIpc) is 2.66. The molecule has 6 nitrogen and oxygen atoms in total. The Morgan fingerprint density at radius 1 is 1.04 bits per heavy atom. The molecule has 2 unspecified atom stereocenters. The lowest BCUT2D eigenvalue weighted by molar-refractivity contribution is -0.142. The molecular weight excluding hydrogens is 358 g/mol.